The zero-order valence-electron chi connectivity index (χ0n) is 15.6. The number of amides is 1. The van der Waals surface area contributed by atoms with Gasteiger partial charge in [0, 0.05) is 35.8 Å². The summed E-state index contributed by atoms with van der Waals surface area (Å²) >= 11 is 0. The van der Waals surface area contributed by atoms with Crippen molar-refractivity contribution in [3.05, 3.63) is 36.0 Å². The molecule has 0 unspecified atom stereocenters. The molecule has 2 saturated carbocycles. The number of fused-ring (bicyclic) bond motifs is 1. The van der Waals surface area contributed by atoms with Gasteiger partial charge < -0.3 is 10.6 Å². The Hall–Kier alpha value is -2.31. The second kappa shape index (κ2) is 7.60. The molecule has 0 bridgehead atoms. The molecule has 0 aliphatic heterocycles. The summed E-state index contributed by atoms with van der Waals surface area (Å²) in [5, 5.41) is 7.16. The first-order chi connectivity index (χ1) is 13.4. The minimum absolute atomic E-state index is 0.124. The summed E-state index contributed by atoms with van der Waals surface area (Å²) in [5.74, 6) is 0.788. The average molecular weight is 391 g/mol. The van der Waals surface area contributed by atoms with Gasteiger partial charge in [0.15, 0.2) is 0 Å². The van der Waals surface area contributed by atoms with Gasteiger partial charge in [-0.15, -0.1) is 0 Å². The minimum Gasteiger partial charge on any atom is -0.384 e. The summed E-state index contributed by atoms with van der Waals surface area (Å²) in [6, 6.07) is 5.87. The number of nitrogens with one attached hydrogen (secondary N) is 2. The molecule has 4 rings (SSSR count). The fourth-order valence-electron chi connectivity index (χ4n) is 3.91. The van der Waals surface area contributed by atoms with Gasteiger partial charge in [-0.2, -0.15) is 13.2 Å². The molecule has 1 amide bonds. The summed E-state index contributed by atoms with van der Waals surface area (Å²) in [6.07, 6.45) is 3.14. The maximum Gasteiger partial charge on any atom is 0.416 e. The number of rotatable bonds is 5. The summed E-state index contributed by atoms with van der Waals surface area (Å²) in [4.78, 5) is 16.2. The molecule has 2 N–H and O–H groups in total. The predicted octanol–water partition coefficient (Wildman–Crippen LogP) is 4.75. The molecule has 0 spiro atoms. The van der Waals surface area contributed by atoms with Crippen LogP contribution in [-0.2, 0) is 11.0 Å². The molecular formula is C21H24F3N3O. The third-order valence-electron chi connectivity index (χ3n) is 5.79. The van der Waals surface area contributed by atoms with E-state index in [4.69, 9.17) is 0 Å². The lowest BCUT2D eigenvalue weighted by atomic mass is 9.81. The van der Waals surface area contributed by atoms with Crippen LogP contribution < -0.4 is 10.6 Å². The SMILES string of the molecule is O=C(NC1CC1)[C@H]1CC[C@H](CNc2ccnc3cc(C(F)(F)F)ccc23)CC1. The van der Waals surface area contributed by atoms with Crippen molar-refractivity contribution in [2.75, 3.05) is 11.9 Å². The van der Waals surface area contributed by atoms with Crippen LogP contribution in [0.15, 0.2) is 30.5 Å². The van der Waals surface area contributed by atoms with Gasteiger partial charge in [0.1, 0.15) is 0 Å². The van der Waals surface area contributed by atoms with E-state index in [1.54, 1.807) is 6.07 Å². The minimum atomic E-state index is -4.37. The first-order valence-electron chi connectivity index (χ1n) is 9.90. The van der Waals surface area contributed by atoms with E-state index in [1.165, 1.54) is 12.3 Å². The Morgan fingerprint density at radius 1 is 1.07 bits per heavy atom. The first-order valence-corrected chi connectivity index (χ1v) is 9.90. The molecule has 2 aromatic rings. The van der Waals surface area contributed by atoms with Crippen LogP contribution in [-0.4, -0.2) is 23.5 Å². The highest BCUT2D eigenvalue weighted by Gasteiger charge is 2.31. The van der Waals surface area contributed by atoms with E-state index < -0.39 is 11.7 Å². The van der Waals surface area contributed by atoms with Crippen molar-refractivity contribution in [2.45, 2.75) is 50.7 Å². The van der Waals surface area contributed by atoms with Crippen LogP contribution in [0.2, 0.25) is 0 Å². The zero-order valence-corrected chi connectivity index (χ0v) is 15.6. The van der Waals surface area contributed by atoms with Gasteiger partial charge in [-0.05, 0) is 62.6 Å². The number of hydrogen-bond donors (Lipinski definition) is 2. The third kappa shape index (κ3) is 4.39. The number of carbonyl (C=O) groups excluding carboxylic acids is 1. The van der Waals surface area contributed by atoms with Crippen LogP contribution in [0, 0.1) is 11.8 Å². The number of halogens is 3. The Balaban J connectivity index is 1.35. The number of anilines is 1. The molecule has 150 valence electrons. The summed E-state index contributed by atoms with van der Waals surface area (Å²) in [5.41, 5.74) is 0.444. The second-order valence-corrected chi connectivity index (χ2v) is 7.97. The molecule has 2 aliphatic rings. The number of carbonyl (C=O) groups is 1. The lowest BCUT2D eigenvalue weighted by Crippen LogP contribution is -2.35. The maximum absolute atomic E-state index is 12.9. The van der Waals surface area contributed by atoms with Gasteiger partial charge in [0.25, 0.3) is 0 Å². The van der Waals surface area contributed by atoms with E-state index in [0.717, 1.165) is 62.9 Å². The Labute approximate surface area is 161 Å². The molecule has 0 radical (unpaired) electrons. The fraction of sp³-hybridized carbons (Fsp3) is 0.524. The van der Waals surface area contributed by atoms with Crippen molar-refractivity contribution >= 4 is 22.5 Å². The number of nitrogens with zero attached hydrogens (tertiary/aromatic N) is 1. The molecule has 0 saturated heterocycles. The van der Waals surface area contributed by atoms with Crippen molar-refractivity contribution in [3.8, 4) is 0 Å². The number of pyridine rings is 1. The van der Waals surface area contributed by atoms with Crippen LogP contribution in [0.1, 0.15) is 44.1 Å². The van der Waals surface area contributed by atoms with Crippen molar-refractivity contribution < 1.29 is 18.0 Å². The van der Waals surface area contributed by atoms with Gasteiger partial charge in [-0.25, -0.2) is 0 Å². The normalized spacial score (nSPS) is 22.8. The van der Waals surface area contributed by atoms with Crippen molar-refractivity contribution in [3.63, 3.8) is 0 Å². The highest BCUT2D eigenvalue weighted by atomic mass is 19.4. The Morgan fingerprint density at radius 2 is 1.82 bits per heavy atom. The Kier molecular flexibility index (Phi) is 5.17. The second-order valence-electron chi connectivity index (χ2n) is 7.97. The fourth-order valence-corrected chi connectivity index (χ4v) is 3.91. The molecular weight excluding hydrogens is 367 g/mol. The number of hydrogen-bond acceptors (Lipinski definition) is 3. The summed E-state index contributed by atoms with van der Waals surface area (Å²) < 4.78 is 38.7. The largest absolute Gasteiger partial charge is 0.416 e. The molecule has 0 atom stereocenters. The standard InChI is InChI=1S/C21H24F3N3O/c22-21(23,24)15-5-8-17-18(9-10-25-19(17)11-15)26-12-13-1-3-14(4-2-13)20(28)27-16-6-7-16/h5,8-11,13-14,16H,1-4,6-7,12H2,(H,25,26)(H,27,28)/t13-,14-. The van der Waals surface area contributed by atoms with Crippen molar-refractivity contribution in [1.29, 1.82) is 0 Å². The Morgan fingerprint density at radius 3 is 2.50 bits per heavy atom. The average Bonchev–Trinajstić information content (AvgIpc) is 3.49. The van der Waals surface area contributed by atoms with Gasteiger partial charge in [-0.1, -0.05) is 6.07 Å². The van der Waals surface area contributed by atoms with Gasteiger partial charge in [0.05, 0.1) is 11.1 Å². The molecule has 2 aliphatic carbocycles. The van der Waals surface area contributed by atoms with E-state index >= 15 is 0 Å². The van der Waals surface area contributed by atoms with Gasteiger partial charge >= 0.3 is 6.18 Å². The van der Waals surface area contributed by atoms with Crippen molar-refractivity contribution in [1.82, 2.24) is 10.3 Å². The lowest BCUT2D eigenvalue weighted by Gasteiger charge is -2.28. The molecule has 4 nitrogen and oxygen atoms in total. The van der Waals surface area contributed by atoms with E-state index in [1.807, 2.05) is 0 Å². The molecule has 1 heterocycles. The quantitative estimate of drug-likeness (QED) is 0.773. The number of aromatic nitrogens is 1. The van der Waals surface area contributed by atoms with E-state index in [-0.39, 0.29) is 11.8 Å². The topological polar surface area (TPSA) is 54.0 Å². The Bertz CT molecular complexity index is 856. The van der Waals surface area contributed by atoms with Gasteiger partial charge in [0.2, 0.25) is 5.91 Å². The maximum atomic E-state index is 12.9. The highest BCUT2D eigenvalue weighted by Crippen LogP contribution is 2.34. The third-order valence-corrected chi connectivity index (χ3v) is 5.79. The van der Waals surface area contributed by atoms with Crippen molar-refractivity contribution in [2.24, 2.45) is 11.8 Å². The van der Waals surface area contributed by atoms with E-state index in [9.17, 15) is 18.0 Å². The van der Waals surface area contributed by atoms with Crippen LogP contribution in [0.3, 0.4) is 0 Å². The predicted molar refractivity (Wildman–Crippen MR) is 102 cm³/mol. The summed E-state index contributed by atoms with van der Waals surface area (Å²) in [7, 11) is 0. The number of benzene rings is 1. The number of alkyl halides is 3. The lowest BCUT2D eigenvalue weighted by molar-refractivity contribution is -0.137. The van der Waals surface area contributed by atoms with Crippen LogP contribution in [0.25, 0.3) is 10.9 Å². The van der Waals surface area contributed by atoms with E-state index in [2.05, 4.69) is 15.6 Å². The van der Waals surface area contributed by atoms with Gasteiger partial charge in [-0.3, -0.25) is 9.78 Å². The monoisotopic (exact) mass is 391 g/mol. The van der Waals surface area contributed by atoms with E-state index in [0.29, 0.717) is 22.9 Å². The molecule has 7 heteroatoms. The highest BCUT2D eigenvalue weighted by molar-refractivity contribution is 5.91. The molecule has 2 fully saturated rings. The molecule has 1 aromatic carbocycles. The molecule has 1 aromatic heterocycles. The zero-order chi connectivity index (χ0) is 19.7. The van der Waals surface area contributed by atoms with Crippen LogP contribution in [0.5, 0.6) is 0 Å². The smallest absolute Gasteiger partial charge is 0.384 e. The first kappa shape index (κ1) is 19.0. The summed E-state index contributed by atoms with van der Waals surface area (Å²) in [6.45, 7) is 0.747. The van der Waals surface area contributed by atoms with Crippen LogP contribution in [0.4, 0.5) is 18.9 Å². The molecule has 28 heavy (non-hydrogen) atoms. The van der Waals surface area contributed by atoms with Crippen LogP contribution >= 0.6 is 0 Å².